The molecule has 2 rings (SSSR count). The maximum atomic E-state index is 6.07. The highest BCUT2D eigenvalue weighted by Crippen LogP contribution is 2.36. The fourth-order valence-electron chi connectivity index (χ4n) is 3.03. The molecule has 1 heterocycles. The second-order valence-electron chi connectivity index (χ2n) is 5.57. The molecule has 16 heavy (non-hydrogen) atoms. The number of likely N-dealkylation sites (N-methyl/N-ethyl adjacent to an activating group) is 1. The van der Waals surface area contributed by atoms with Gasteiger partial charge in [0, 0.05) is 24.2 Å². The molecule has 2 N–H and O–H groups in total. The van der Waals surface area contributed by atoms with Crippen LogP contribution < -0.4 is 5.73 Å². The normalized spacial score (nSPS) is 19.5. The van der Waals surface area contributed by atoms with Gasteiger partial charge in [-0.3, -0.25) is 0 Å². The number of benzene rings is 1. The molecule has 0 bridgehead atoms. The maximum Gasteiger partial charge on any atom is 0.0349 e. The standard InChI is InChI=1S/C14H22N2/c1-5-10-11-8-16(4)9-14(2,3)12(11)6-7-13(10)15/h6-7H,5,8-9,15H2,1-4H3. The number of anilines is 1. The molecule has 0 saturated carbocycles. The lowest BCUT2D eigenvalue weighted by Gasteiger charge is -2.39. The van der Waals surface area contributed by atoms with E-state index in [0.717, 1.165) is 25.2 Å². The molecule has 0 aromatic heterocycles. The van der Waals surface area contributed by atoms with Crippen LogP contribution in [0.3, 0.4) is 0 Å². The lowest BCUT2D eigenvalue weighted by molar-refractivity contribution is 0.235. The number of nitrogens with zero attached hydrogens (tertiary/aromatic N) is 1. The predicted molar refractivity (Wildman–Crippen MR) is 69.6 cm³/mol. The summed E-state index contributed by atoms with van der Waals surface area (Å²) >= 11 is 0. The number of fused-ring (bicyclic) bond motifs is 1. The Hall–Kier alpha value is -1.02. The first kappa shape index (κ1) is 11.5. The average Bonchev–Trinajstić information content (AvgIpc) is 2.15. The highest BCUT2D eigenvalue weighted by Gasteiger charge is 2.31. The molecule has 0 atom stereocenters. The van der Waals surface area contributed by atoms with E-state index in [1.54, 1.807) is 0 Å². The van der Waals surface area contributed by atoms with Crippen molar-refractivity contribution in [2.75, 3.05) is 19.3 Å². The van der Waals surface area contributed by atoms with E-state index < -0.39 is 0 Å². The summed E-state index contributed by atoms with van der Waals surface area (Å²) in [6.07, 6.45) is 1.03. The van der Waals surface area contributed by atoms with Gasteiger partial charge in [-0.2, -0.15) is 0 Å². The number of hydrogen-bond acceptors (Lipinski definition) is 2. The highest BCUT2D eigenvalue weighted by molar-refractivity contribution is 5.56. The second kappa shape index (κ2) is 3.77. The van der Waals surface area contributed by atoms with Crippen LogP contribution in [-0.4, -0.2) is 18.5 Å². The fraction of sp³-hybridized carbons (Fsp3) is 0.571. The molecular formula is C14H22N2. The van der Waals surface area contributed by atoms with Gasteiger partial charge < -0.3 is 10.6 Å². The van der Waals surface area contributed by atoms with Crippen LogP contribution >= 0.6 is 0 Å². The van der Waals surface area contributed by atoms with Crippen LogP contribution in [0.15, 0.2) is 12.1 Å². The van der Waals surface area contributed by atoms with Crippen LogP contribution in [-0.2, 0) is 18.4 Å². The molecule has 1 aromatic carbocycles. The molecule has 0 radical (unpaired) electrons. The number of hydrogen-bond donors (Lipinski definition) is 1. The Morgan fingerprint density at radius 1 is 1.38 bits per heavy atom. The molecule has 2 heteroatoms. The first-order valence-electron chi connectivity index (χ1n) is 6.05. The molecule has 0 aliphatic carbocycles. The molecule has 1 aliphatic heterocycles. The summed E-state index contributed by atoms with van der Waals surface area (Å²) in [6, 6.07) is 4.29. The van der Waals surface area contributed by atoms with E-state index in [1.807, 2.05) is 0 Å². The summed E-state index contributed by atoms with van der Waals surface area (Å²) < 4.78 is 0. The predicted octanol–water partition coefficient (Wildman–Crippen LogP) is 2.55. The molecular weight excluding hydrogens is 196 g/mol. The Labute approximate surface area is 98.4 Å². The Bertz CT molecular complexity index is 407. The third-order valence-corrected chi connectivity index (χ3v) is 3.64. The van der Waals surface area contributed by atoms with Crippen LogP contribution in [0.5, 0.6) is 0 Å². The van der Waals surface area contributed by atoms with Crippen molar-refractivity contribution in [1.29, 1.82) is 0 Å². The SMILES string of the molecule is CCc1c(N)ccc2c1CN(C)CC2(C)C. The highest BCUT2D eigenvalue weighted by atomic mass is 15.1. The van der Waals surface area contributed by atoms with E-state index in [4.69, 9.17) is 5.73 Å². The minimum atomic E-state index is 0.236. The van der Waals surface area contributed by atoms with Crippen LogP contribution in [0.4, 0.5) is 5.69 Å². The van der Waals surface area contributed by atoms with Crippen molar-refractivity contribution in [2.45, 2.75) is 39.2 Å². The van der Waals surface area contributed by atoms with Gasteiger partial charge in [-0.05, 0) is 36.2 Å². The minimum absolute atomic E-state index is 0.236. The Morgan fingerprint density at radius 2 is 2.06 bits per heavy atom. The van der Waals surface area contributed by atoms with Crippen LogP contribution in [0, 0.1) is 0 Å². The lowest BCUT2D eigenvalue weighted by atomic mass is 9.76. The van der Waals surface area contributed by atoms with Crippen LogP contribution in [0.2, 0.25) is 0 Å². The Morgan fingerprint density at radius 3 is 2.69 bits per heavy atom. The van der Waals surface area contributed by atoms with Crippen LogP contribution in [0.25, 0.3) is 0 Å². The molecule has 1 aliphatic rings. The van der Waals surface area contributed by atoms with Crippen molar-refractivity contribution in [3.8, 4) is 0 Å². The van der Waals surface area contributed by atoms with Gasteiger partial charge in [-0.1, -0.05) is 26.8 Å². The second-order valence-corrected chi connectivity index (χ2v) is 5.57. The molecule has 2 nitrogen and oxygen atoms in total. The molecule has 0 spiro atoms. The molecule has 0 amide bonds. The molecule has 88 valence electrons. The molecule has 0 saturated heterocycles. The largest absolute Gasteiger partial charge is 0.398 e. The fourth-order valence-corrected chi connectivity index (χ4v) is 3.03. The van der Waals surface area contributed by atoms with Crippen molar-refractivity contribution in [3.05, 3.63) is 28.8 Å². The van der Waals surface area contributed by atoms with E-state index in [2.05, 4.69) is 44.9 Å². The number of nitrogen functional groups attached to an aromatic ring is 1. The first-order valence-corrected chi connectivity index (χ1v) is 6.05. The Kier molecular flexibility index (Phi) is 2.70. The van der Waals surface area contributed by atoms with Crippen molar-refractivity contribution in [1.82, 2.24) is 4.90 Å². The van der Waals surface area contributed by atoms with Gasteiger partial charge in [-0.15, -0.1) is 0 Å². The summed E-state index contributed by atoms with van der Waals surface area (Å²) in [6.45, 7) is 8.97. The molecule has 1 aromatic rings. The molecule has 0 fully saturated rings. The molecule has 0 unspecified atom stereocenters. The van der Waals surface area contributed by atoms with Crippen molar-refractivity contribution in [2.24, 2.45) is 0 Å². The summed E-state index contributed by atoms with van der Waals surface area (Å²) in [5.74, 6) is 0. The van der Waals surface area contributed by atoms with Gasteiger partial charge in [0.25, 0.3) is 0 Å². The maximum absolute atomic E-state index is 6.07. The minimum Gasteiger partial charge on any atom is -0.398 e. The van der Waals surface area contributed by atoms with Crippen molar-refractivity contribution < 1.29 is 0 Å². The van der Waals surface area contributed by atoms with Gasteiger partial charge in [0.2, 0.25) is 0 Å². The van der Waals surface area contributed by atoms with Gasteiger partial charge in [-0.25, -0.2) is 0 Å². The van der Waals surface area contributed by atoms with E-state index in [9.17, 15) is 0 Å². The topological polar surface area (TPSA) is 29.3 Å². The van der Waals surface area contributed by atoms with E-state index in [-0.39, 0.29) is 5.41 Å². The van der Waals surface area contributed by atoms with Crippen molar-refractivity contribution in [3.63, 3.8) is 0 Å². The van der Waals surface area contributed by atoms with E-state index in [0.29, 0.717) is 0 Å². The van der Waals surface area contributed by atoms with Crippen LogP contribution in [0.1, 0.15) is 37.5 Å². The van der Waals surface area contributed by atoms with E-state index in [1.165, 1.54) is 16.7 Å². The monoisotopic (exact) mass is 218 g/mol. The van der Waals surface area contributed by atoms with Gasteiger partial charge >= 0.3 is 0 Å². The zero-order valence-corrected chi connectivity index (χ0v) is 10.8. The third-order valence-electron chi connectivity index (χ3n) is 3.64. The lowest BCUT2D eigenvalue weighted by Crippen LogP contribution is -2.40. The summed E-state index contributed by atoms with van der Waals surface area (Å²) in [5, 5.41) is 0. The smallest absolute Gasteiger partial charge is 0.0349 e. The quantitative estimate of drug-likeness (QED) is 0.734. The summed E-state index contributed by atoms with van der Waals surface area (Å²) in [7, 11) is 2.19. The van der Waals surface area contributed by atoms with Gasteiger partial charge in [0.05, 0.1) is 0 Å². The van der Waals surface area contributed by atoms with Crippen molar-refractivity contribution >= 4 is 5.69 Å². The van der Waals surface area contributed by atoms with Gasteiger partial charge in [0.1, 0.15) is 0 Å². The first-order chi connectivity index (χ1) is 7.45. The van der Waals surface area contributed by atoms with E-state index >= 15 is 0 Å². The third kappa shape index (κ3) is 1.71. The van der Waals surface area contributed by atoms with Gasteiger partial charge in [0.15, 0.2) is 0 Å². The zero-order chi connectivity index (χ0) is 11.9. The summed E-state index contributed by atoms with van der Waals surface area (Å²) in [4.78, 5) is 2.39. The zero-order valence-electron chi connectivity index (χ0n) is 10.8. The summed E-state index contributed by atoms with van der Waals surface area (Å²) in [5.41, 5.74) is 11.5. The number of nitrogens with two attached hydrogens (primary N) is 1. The average molecular weight is 218 g/mol. The Balaban J connectivity index is 2.62. The number of rotatable bonds is 1.